The zero-order chi connectivity index (χ0) is 21.4. The van der Waals surface area contributed by atoms with Gasteiger partial charge < -0.3 is 14.8 Å². The molecule has 3 rings (SSSR count). The summed E-state index contributed by atoms with van der Waals surface area (Å²) in [6.07, 6.45) is -0.123. The van der Waals surface area contributed by atoms with Crippen LogP contribution in [0.2, 0.25) is 0 Å². The lowest BCUT2D eigenvalue weighted by Crippen LogP contribution is -2.17. The van der Waals surface area contributed by atoms with E-state index < -0.39 is 9.84 Å². The minimum atomic E-state index is -3.49. The van der Waals surface area contributed by atoms with Crippen molar-refractivity contribution in [2.45, 2.75) is 18.2 Å². The highest BCUT2D eigenvalue weighted by Crippen LogP contribution is 2.25. The van der Waals surface area contributed by atoms with Crippen molar-refractivity contribution >= 4 is 21.4 Å². The molecule has 3 aromatic rings. The summed E-state index contributed by atoms with van der Waals surface area (Å²) in [5.74, 6) is 1.44. The summed E-state index contributed by atoms with van der Waals surface area (Å²) in [6.45, 7) is 2.53. The van der Waals surface area contributed by atoms with Gasteiger partial charge in [-0.05, 0) is 67.6 Å². The summed E-state index contributed by atoms with van der Waals surface area (Å²) in [5.41, 5.74) is 0.566. The van der Waals surface area contributed by atoms with Gasteiger partial charge in [-0.15, -0.1) is 0 Å². The molecule has 0 aliphatic heterocycles. The minimum Gasteiger partial charge on any atom is -0.494 e. The molecule has 0 aliphatic carbocycles. The van der Waals surface area contributed by atoms with E-state index in [2.05, 4.69) is 5.32 Å². The number of anilines is 1. The standard InChI is InChI=1S/C23H23NO5S/c1-2-28-19-12-14-21(15-13-19)29-20-10-8-18(9-11-20)24-23(25)16-17-30(26,27)22-6-4-3-5-7-22/h3-15H,2,16-17H2,1H3,(H,24,25). The number of hydrogen-bond acceptors (Lipinski definition) is 5. The minimum absolute atomic E-state index is 0.123. The molecule has 6 nitrogen and oxygen atoms in total. The number of carbonyl (C=O) groups is 1. The van der Waals surface area contributed by atoms with Gasteiger partial charge in [0.15, 0.2) is 9.84 Å². The van der Waals surface area contributed by atoms with E-state index in [1.54, 1.807) is 42.5 Å². The Morgan fingerprint density at radius 2 is 1.40 bits per heavy atom. The second-order valence-corrected chi connectivity index (χ2v) is 8.57. The second kappa shape index (κ2) is 9.93. The third-order valence-electron chi connectivity index (χ3n) is 4.21. The van der Waals surface area contributed by atoms with E-state index in [0.29, 0.717) is 23.8 Å². The fourth-order valence-electron chi connectivity index (χ4n) is 2.71. The van der Waals surface area contributed by atoms with Crippen LogP contribution >= 0.6 is 0 Å². The molecule has 0 heterocycles. The number of carbonyl (C=O) groups excluding carboxylic acids is 1. The largest absolute Gasteiger partial charge is 0.494 e. The van der Waals surface area contributed by atoms with Crippen LogP contribution in [0.4, 0.5) is 5.69 Å². The maximum Gasteiger partial charge on any atom is 0.225 e. The Bertz CT molecular complexity index is 1060. The number of benzene rings is 3. The first-order chi connectivity index (χ1) is 14.5. The molecule has 0 unspecified atom stereocenters. The molecule has 0 aliphatic rings. The van der Waals surface area contributed by atoms with E-state index >= 15 is 0 Å². The summed E-state index contributed by atoms with van der Waals surface area (Å²) >= 11 is 0. The molecule has 1 N–H and O–H groups in total. The lowest BCUT2D eigenvalue weighted by Gasteiger charge is -2.09. The summed E-state index contributed by atoms with van der Waals surface area (Å²) in [5, 5.41) is 2.70. The maximum atomic E-state index is 12.3. The lowest BCUT2D eigenvalue weighted by atomic mass is 10.3. The Balaban J connectivity index is 1.52. The Morgan fingerprint density at radius 1 is 0.833 bits per heavy atom. The smallest absolute Gasteiger partial charge is 0.225 e. The topological polar surface area (TPSA) is 81.7 Å². The average molecular weight is 426 g/mol. The van der Waals surface area contributed by atoms with Crippen molar-refractivity contribution in [3.05, 3.63) is 78.9 Å². The Hall–Kier alpha value is -3.32. The lowest BCUT2D eigenvalue weighted by molar-refractivity contribution is -0.115. The zero-order valence-electron chi connectivity index (χ0n) is 16.6. The summed E-state index contributed by atoms with van der Waals surface area (Å²) in [4.78, 5) is 12.3. The Kier molecular flexibility index (Phi) is 7.08. The van der Waals surface area contributed by atoms with Crippen LogP contribution in [-0.2, 0) is 14.6 Å². The van der Waals surface area contributed by atoms with Crippen molar-refractivity contribution in [2.24, 2.45) is 0 Å². The van der Waals surface area contributed by atoms with Crippen LogP contribution in [0.5, 0.6) is 17.2 Å². The normalized spacial score (nSPS) is 11.0. The SMILES string of the molecule is CCOc1ccc(Oc2ccc(NC(=O)CCS(=O)(=O)c3ccccc3)cc2)cc1. The summed E-state index contributed by atoms with van der Waals surface area (Å²) in [7, 11) is -3.49. The van der Waals surface area contributed by atoms with Crippen molar-refractivity contribution in [1.29, 1.82) is 0 Å². The van der Waals surface area contributed by atoms with E-state index in [0.717, 1.165) is 5.75 Å². The summed E-state index contributed by atoms with van der Waals surface area (Å²) in [6, 6.07) is 22.3. The molecule has 0 spiro atoms. The Morgan fingerprint density at radius 3 is 2.00 bits per heavy atom. The number of nitrogens with one attached hydrogen (secondary N) is 1. The van der Waals surface area contributed by atoms with Crippen molar-refractivity contribution in [3.63, 3.8) is 0 Å². The molecule has 0 aromatic heterocycles. The predicted molar refractivity (Wildman–Crippen MR) is 116 cm³/mol. The molecule has 0 fully saturated rings. The number of amides is 1. The highest BCUT2D eigenvalue weighted by atomic mass is 32.2. The van der Waals surface area contributed by atoms with Crippen molar-refractivity contribution in [2.75, 3.05) is 17.7 Å². The Labute approximate surface area is 176 Å². The molecule has 30 heavy (non-hydrogen) atoms. The van der Waals surface area contributed by atoms with E-state index in [-0.39, 0.29) is 23.0 Å². The van der Waals surface area contributed by atoms with Crippen LogP contribution in [0, 0.1) is 0 Å². The number of hydrogen-bond donors (Lipinski definition) is 1. The monoisotopic (exact) mass is 425 g/mol. The quantitative estimate of drug-likeness (QED) is 0.538. The highest BCUT2D eigenvalue weighted by Gasteiger charge is 2.16. The van der Waals surface area contributed by atoms with Gasteiger partial charge in [0, 0.05) is 12.1 Å². The third kappa shape index (κ3) is 6.09. The van der Waals surface area contributed by atoms with Gasteiger partial charge in [0.05, 0.1) is 17.3 Å². The average Bonchev–Trinajstić information content (AvgIpc) is 2.76. The van der Waals surface area contributed by atoms with E-state index in [9.17, 15) is 13.2 Å². The molecular formula is C23H23NO5S. The number of sulfone groups is 1. The van der Waals surface area contributed by atoms with Gasteiger partial charge in [-0.1, -0.05) is 18.2 Å². The van der Waals surface area contributed by atoms with Crippen LogP contribution in [0.1, 0.15) is 13.3 Å². The molecule has 0 saturated carbocycles. The molecular weight excluding hydrogens is 402 g/mol. The van der Waals surface area contributed by atoms with Crippen LogP contribution in [0.15, 0.2) is 83.8 Å². The zero-order valence-corrected chi connectivity index (χ0v) is 17.4. The highest BCUT2D eigenvalue weighted by molar-refractivity contribution is 7.91. The van der Waals surface area contributed by atoms with Crippen LogP contribution in [0.25, 0.3) is 0 Å². The first-order valence-corrected chi connectivity index (χ1v) is 11.2. The second-order valence-electron chi connectivity index (χ2n) is 6.46. The molecule has 0 saturated heterocycles. The van der Waals surface area contributed by atoms with Crippen LogP contribution in [0.3, 0.4) is 0 Å². The van der Waals surface area contributed by atoms with Crippen molar-refractivity contribution in [3.8, 4) is 17.2 Å². The fraction of sp³-hybridized carbons (Fsp3) is 0.174. The molecule has 0 bridgehead atoms. The molecule has 7 heteroatoms. The van der Waals surface area contributed by atoms with Gasteiger partial charge in [-0.25, -0.2) is 8.42 Å². The van der Waals surface area contributed by atoms with Gasteiger partial charge in [-0.2, -0.15) is 0 Å². The van der Waals surface area contributed by atoms with Crippen LogP contribution < -0.4 is 14.8 Å². The van der Waals surface area contributed by atoms with Gasteiger partial charge in [-0.3, -0.25) is 4.79 Å². The molecule has 0 radical (unpaired) electrons. The van der Waals surface area contributed by atoms with E-state index in [1.807, 2.05) is 31.2 Å². The molecule has 156 valence electrons. The number of rotatable bonds is 9. The summed E-state index contributed by atoms with van der Waals surface area (Å²) < 4.78 is 35.7. The third-order valence-corrected chi connectivity index (χ3v) is 5.94. The predicted octanol–water partition coefficient (Wildman–Crippen LogP) is 4.68. The maximum absolute atomic E-state index is 12.3. The van der Waals surface area contributed by atoms with Gasteiger partial charge in [0.1, 0.15) is 17.2 Å². The van der Waals surface area contributed by atoms with E-state index in [4.69, 9.17) is 9.47 Å². The first kappa shape index (κ1) is 21.4. The van der Waals surface area contributed by atoms with Gasteiger partial charge >= 0.3 is 0 Å². The fourth-order valence-corrected chi connectivity index (χ4v) is 3.97. The van der Waals surface area contributed by atoms with Gasteiger partial charge in [0.2, 0.25) is 5.91 Å². The first-order valence-electron chi connectivity index (χ1n) is 9.55. The molecule has 3 aromatic carbocycles. The molecule has 1 amide bonds. The molecule has 0 atom stereocenters. The number of ether oxygens (including phenoxy) is 2. The van der Waals surface area contributed by atoms with Crippen molar-refractivity contribution < 1.29 is 22.7 Å². The van der Waals surface area contributed by atoms with E-state index in [1.165, 1.54) is 12.1 Å². The van der Waals surface area contributed by atoms with Gasteiger partial charge in [0.25, 0.3) is 0 Å². The van der Waals surface area contributed by atoms with Crippen molar-refractivity contribution in [1.82, 2.24) is 0 Å². The van der Waals surface area contributed by atoms with Crippen LogP contribution in [-0.4, -0.2) is 26.7 Å².